The predicted octanol–water partition coefficient (Wildman–Crippen LogP) is 3.91. The van der Waals surface area contributed by atoms with E-state index in [2.05, 4.69) is 22.0 Å². The largest absolute Gasteiger partial charge is 0.477 e. The van der Waals surface area contributed by atoms with Crippen LogP contribution in [0.5, 0.6) is 5.88 Å². The van der Waals surface area contributed by atoms with Crippen molar-refractivity contribution in [2.75, 3.05) is 19.7 Å². The number of carbonyl (C=O) groups excluding carboxylic acids is 1. The molecule has 3 aromatic rings. The van der Waals surface area contributed by atoms with Gasteiger partial charge in [0.25, 0.3) is 5.56 Å². The second-order valence-corrected chi connectivity index (χ2v) is 9.47. The molecule has 1 amide bonds. The van der Waals surface area contributed by atoms with E-state index in [9.17, 15) is 14.4 Å². The van der Waals surface area contributed by atoms with Crippen LogP contribution in [0.25, 0.3) is 22.4 Å². The minimum absolute atomic E-state index is 0.145. The highest BCUT2D eigenvalue weighted by Crippen LogP contribution is 2.28. The highest BCUT2D eigenvalue weighted by Gasteiger charge is 2.24. The summed E-state index contributed by atoms with van der Waals surface area (Å²) in [5.74, 6) is 0.861. The van der Waals surface area contributed by atoms with Gasteiger partial charge in [-0.05, 0) is 51.0 Å². The Morgan fingerprint density at radius 1 is 1.22 bits per heavy atom. The molecule has 0 radical (unpaired) electrons. The van der Waals surface area contributed by atoms with Crippen LogP contribution in [0.15, 0.2) is 17.1 Å². The summed E-state index contributed by atoms with van der Waals surface area (Å²) in [5, 5.41) is 13.7. The Morgan fingerprint density at radius 2 is 1.97 bits per heavy atom. The Hall–Kier alpha value is -3.76. The van der Waals surface area contributed by atoms with Crippen molar-refractivity contribution in [1.82, 2.24) is 29.6 Å². The highest BCUT2D eigenvalue weighted by molar-refractivity contribution is 5.95. The summed E-state index contributed by atoms with van der Waals surface area (Å²) in [6.45, 7) is 7.70. The van der Waals surface area contributed by atoms with E-state index in [4.69, 9.17) is 14.8 Å². The molecule has 37 heavy (non-hydrogen) atoms. The fourth-order valence-electron chi connectivity index (χ4n) is 4.69. The lowest BCUT2D eigenvalue weighted by Crippen LogP contribution is -2.37. The summed E-state index contributed by atoms with van der Waals surface area (Å²) in [4.78, 5) is 49.7. The van der Waals surface area contributed by atoms with E-state index in [1.54, 1.807) is 6.07 Å². The number of Topliss-reactive ketones (excluding diaryl/α,β-unsaturated/α-hetero) is 1. The maximum atomic E-state index is 13.1. The molecule has 1 aliphatic heterocycles. The number of aryl methyl sites for hydroxylation is 2. The smallest absolute Gasteiger partial charge is 0.407 e. The molecule has 0 aliphatic carbocycles. The first-order valence-electron chi connectivity index (χ1n) is 12.9. The molecule has 0 atom stereocenters. The van der Waals surface area contributed by atoms with E-state index < -0.39 is 6.09 Å². The van der Waals surface area contributed by atoms with Gasteiger partial charge in [0.2, 0.25) is 5.88 Å². The lowest BCUT2D eigenvalue weighted by Gasteiger charge is -2.30. The third-order valence-corrected chi connectivity index (χ3v) is 6.92. The number of aromatic nitrogens is 5. The molecular formula is C26H34N6O5. The zero-order chi connectivity index (χ0) is 26.5. The minimum atomic E-state index is -0.867. The van der Waals surface area contributed by atoms with Crippen LogP contribution in [0.2, 0.25) is 0 Å². The number of nitrogens with one attached hydrogen (secondary N) is 1. The third kappa shape index (κ3) is 5.81. The number of amides is 1. The maximum absolute atomic E-state index is 13.1. The summed E-state index contributed by atoms with van der Waals surface area (Å²) < 4.78 is 7.71. The Labute approximate surface area is 214 Å². The normalized spacial score (nSPS) is 14.3. The first-order chi connectivity index (χ1) is 17.8. The van der Waals surface area contributed by atoms with Gasteiger partial charge >= 0.3 is 6.09 Å². The first kappa shape index (κ1) is 26.3. The number of fused-ring (bicyclic) bond motifs is 1. The number of hydrogen-bond donors (Lipinski definition) is 2. The molecule has 0 spiro atoms. The van der Waals surface area contributed by atoms with E-state index in [-0.39, 0.29) is 22.7 Å². The van der Waals surface area contributed by atoms with E-state index in [0.29, 0.717) is 61.1 Å². The van der Waals surface area contributed by atoms with Crippen LogP contribution in [0.3, 0.4) is 0 Å². The molecule has 198 valence electrons. The Kier molecular flexibility index (Phi) is 8.20. The molecular weight excluding hydrogens is 476 g/mol. The number of likely N-dealkylation sites (tertiary alicyclic amines) is 1. The molecule has 0 bridgehead atoms. The van der Waals surface area contributed by atoms with Crippen molar-refractivity contribution in [2.24, 2.45) is 5.92 Å². The van der Waals surface area contributed by atoms with Gasteiger partial charge < -0.3 is 19.7 Å². The van der Waals surface area contributed by atoms with Crippen LogP contribution in [-0.2, 0) is 13.0 Å². The molecule has 1 aliphatic rings. The van der Waals surface area contributed by atoms with Crippen LogP contribution in [0.1, 0.15) is 68.9 Å². The molecule has 11 heteroatoms. The number of ketones is 1. The SMILES string of the molecule is CCCCOc1ncc(C(C)=O)cc1-c1nc2c(CC)n(CCC3CCN(C(=O)O)CC3)nc2c(=O)[nH]1. The monoisotopic (exact) mass is 510 g/mol. The number of piperidine rings is 1. The Bertz CT molecular complexity index is 1340. The minimum Gasteiger partial charge on any atom is -0.477 e. The van der Waals surface area contributed by atoms with Gasteiger partial charge in [0, 0.05) is 31.4 Å². The summed E-state index contributed by atoms with van der Waals surface area (Å²) in [6, 6.07) is 1.65. The van der Waals surface area contributed by atoms with E-state index in [1.165, 1.54) is 18.0 Å². The van der Waals surface area contributed by atoms with Crippen LogP contribution < -0.4 is 10.3 Å². The molecule has 0 aromatic carbocycles. The van der Waals surface area contributed by atoms with Gasteiger partial charge in [-0.1, -0.05) is 20.3 Å². The van der Waals surface area contributed by atoms with Gasteiger partial charge in [0.15, 0.2) is 11.3 Å². The molecule has 0 saturated carbocycles. The zero-order valence-electron chi connectivity index (χ0n) is 21.6. The number of H-pyrrole nitrogens is 1. The van der Waals surface area contributed by atoms with Gasteiger partial charge in [-0.15, -0.1) is 0 Å². The van der Waals surface area contributed by atoms with Crippen molar-refractivity contribution < 1.29 is 19.4 Å². The zero-order valence-corrected chi connectivity index (χ0v) is 21.6. The Balaban J connectivity index is 1.65. The molecule has 11 nitrogen and oxygen atoms in total. The number of aromatic amines is 1. The summed E-state index contributed by atoms with van der Waals surface area (Å²) >= 11 is 0. The van der Waals surface area contributed by atoms with Gasteiger partial charge in [-0.2, -0.15) is 5.10 Å². The molecule has 1 saturated heterocycles. The number of pyridine rings is 1. The van der Waals surface area contributed by atoms with Crippen molar-refractivity contribution in [3.63, 3.8) is 0 Å². The second kappa shape index (κ2) is 11.5. The van der Waals surface area contributed by atoms with E-state index in [0.717, 1.165) is 37.8 Å². The topological polar surface area (TPSA) is 143 Å². The number of carbonyl (C=O) groups is 2. The molecule has 4 heterocycles. The predicted molar refractivity (Wildman–Crippen MR) is 138 cm³/mol. The number of rotatable bonds is 10. The standard InChI is InChI=1S/C26H34N6O5/c1-4-6-13-37-25-19(14-18(15-27-25)16(3)33)23-28-21-20(5-2)32(30-22(21)24(34)29-23)12-9-17-7-10-31(11-8-17)26(35)36/h14-15,17H,4-13H2,1-3H3,(H,35,36)(H,28,29,34). The number of carboxylic acid groups (broad SMARTS) is 1. The summed E-state index contributed by atoms with van der Waals surface area (Å²) in [6.07, 6.45) is 5.53. The lowest BCUT2D eigenvalue weighted by molar-refractivity contribution is 0.101. The maximum Gasteiger partial charge on any atom is 0.407 e. The average Bonchev–Trinajstić information content (AvgIpc) is 3.25. The third-order valence-electron chi connectivity index (χ3n) is 6.92. The highest BCUT2D eigenvalue weighted by atomic mass is 16.5. The van der Waals surface area contributed by atoms with Crippen molar-refractivity contribution >= 4 is 22.9 Å². The number of hydrogen-bond acceptors (Lipinski definition) is 7. The van der Waals surface area contributed by atoms with E-state index >= 15 is 0 Å². The number of unbranched alkanes of at least 4 members (excludes halogenated alkanes) is 1. The molecule has 3 aromatic heterocycles. The van der Waals surface area contributed by atoms with Crippen LogP contribution in [0, 0.1) is 5.92 Å². The molecule has 0 unspecified atom stereocenters. The van der Waals surface area contributed by atoms with Gasteiger partial charge in [-0.3, -0.25) is 14.3 Å². The first-order valence-corrected chi connectivity index (χ1v) is 12.9. The van der Waals surface area contributed by atoms with Gasteiger partial charge in [0.05, 0.1) is 17.9 Å². The second-order valence-electron chi connectivity index (χ2n) is 9.47. The van der Waals surface area contributed by atoms with Gasteiger partial charge in [0.1, 0.15) is 11.3 Å². The summed E-state index contributed by atoms with van der Waals surface area (Å²) in [5.41, 5.74) is 2.15. The van der Waals surface area contributed by atoms with Gasteiger partial charge in [-0.25, -0.2) is 14.8 Å². The van der Waals surface area contributed by atoms with Crippen LogP contribution in [0.4, 0.5) is 4.79 Å². The lowest BCUT2D eigenvalue weighted by atomic mass is 9.94. The van der Waals surface area contributed by atoms with E-state index in [1.807, 2.05) is 11.6 Å². The quantitative estimate of drug-likeness (QED) is 0.309. The fraction of sp³-hybridized carbons (Fsp3) is 0.538. The average molecular weight is 511 g/mol. The van der Waals surface area contributed by atoms with Crippen LogP contribution >= 0.6 is 0 Å². The fourth-order valence-corrected chi connectivity index (χ4v) is 4.69. The number of nitrogens with zero attached hydrogens (tertiary/aromatic N) is 5. The number of ether oxygens (including phenoxy) is 1. The Morgan fingerprint density at radius 3 is 2.62 bits per heavy atom. The van der Waals surface area contributed by atoms with Crippen molar-refractivity contribution in [3.8, 4) is 17.3 Å². The molecule has 2 N–H and O–H groups in total. The van der Waals surface area contributed by atoms with Crippen LogP contribution in [-0.4, -0.2) is 66.3 Å². The van der Waals surface area contributed by atoms with Crippen molar-refractivity contribution in [1.29, 1.82) is 0 Å². The summed E-state index contributed by atoms with van der Waals surface area (Å²) in [7, 11) is 0. The van der Waals surface area contributed by atoms with Crippen molar-refractivity contribution in [3.05, 3.63) is 33.9 Å². The molecule has 4 rings (SSSR count). The molecule has 1 fully saturated rings. The van der Waals surface area contributed by atoms with Crippen molar-refractivity contribution in [2.45, 2.75) is 65.8 Å².